The normalized spacial score (nSPS) is 10.3. The van der Waals surface area contributed by atoms with Gasteiger partial charge in [0.15, 0.2) is 11.5 Å². The Bertz CT molecular complexity index is 945. The zero-order valence-electron chi connectivity index (χ0n) is 17.1. The number of rotatable bonds is 8. The van der Waals surface area contributed by atoms with Gasteiger partial charge in [0.05, 0.1) is 46.7 Å². The van der Waals surface area contributed by atoms with Crippen LogP contribution in [0.25, 0.3) is 5.57 Å². The largest absolute Gasteiger partial charge is 0.495 e. The third-order valence-corrected chi connectivity index (χ3v) is 4.15. The second-order valence-corrected chi connectivity index (χ2v) is 5.77. The summed E-state index contributed by atoms with van der Waals surface area (Å²) >= 11 is 0. The Morgan fingerprint density at radius 2 is 1.60 bits per heavy atom. The van der Waals surface area contributed by atoms with Crippen LogP contribution in [0.1, 0.15) is 11.1 Å². The topological polar surface area (TPSA) is 116 Å². The summed E-state index contributed by atoms with van der Waals surface area (Å²) < 4.78 is 21.5. The van der Waals surface area contributed by atoms with E-state index in [-0.39, 0.29) is 24.9 Å². The molecule has 0 atom stereocenters. The summed E-state index contributed by atoms with van der Waals surface area (Å²) in [6, 6.07) is 10.7. The van der Waals surface area contributed by atoms with E-state index in [0.717, 1.165) is 0 Å². The van der Waals surface area contributed by atoms with E-state index in [1.165, 1.54) is 34.5 Å². The predicted octanol–water partition coefficient (Wildman–Crippen LogP) is 3.00. The Morgan fingerprint density at radius 3 is 2.07 bits per heavy atom. The van der Waals surface area contributed by atoms with Gasteiger partial charge in [0.25, 0.3) is 0 Å². The van der Waals surface area contributed by atoms with Gasteiger partial charge < -0.3 is 30.0 Å². The molecule has 0 aromatic heterocycles. The Kier molecular flexibility index (Phi) is 9.49. The van der Waals surface area contributed by atoms with Gasteiger partial charge in [-0.15, -0.1) is 12.4 Å². The van der Waals surface area contributed by atoms with Gasteiger partial charge in [0.1, 0.15) is 5.75 Å². The molecule has 0 aliphatic rings. The number of carbonyl (C=O) groups excluding carboxylic acids is 1. The summed E-state index contributed by atoms with van der Waals surface area (Å²) in [5, 5.41) is 12.0. The van der Waals surface area contributed by atoms with Crippen molar-refractivity contribution in [2.75, 3.05) is 40.3 Å². The van der Waals surface area contributed by atoms with Crippen LogP contribution in [-0.4, -0.2) is 40.9 Å². The van der Waals surface area contributed by atoms with Crippen molar-refractivity contribution in [1.29, 1.82) is 5.26 Å². The van der Waals surface area contributed by atoms with E-state index in [1.54, 1.807) is 30.3 Å². The monoisotopic (exact) mass is 433 g/mol. The number of carbonyl (C=O) groups is 1. The number of methoxy groups -OCH3 is 4. The van der Waals surface area contributed by atoms with Crippen molar-refractivity contribution < 1.29 is 23.7 Å². The van der Waals surface area contributed by atoms with Gasteiger partial charge >= 0.3 is 0 Å². The van der Waals surface area contributed by atoms with Gasteiger partial charge in [-0.1, -0.05) is 6.07 Å². The Labute approximate surface area is 181 Å². The number of halogens is 1. The Morgan fingerprint density at radius 1 is 1.00 bits per heavy atom. The van der Waals surface area contributed by atoms with Crippen LogP contribution in [0.5, 0.6) is 23.0 Å². The van der Waals surface area contributed by atoms with Crippen molar-refractivity contribution in [2.45, 2.75) is 0 Å². The minimum Gasteiger partial charge on any atom is -0.495 e. The molecule has 0 saturated carbocycles. The first-order chi connectivity index (χ1) is 14.0. The van der Waals surface area contributed by atoms with E-state index in [1.807, 2.05) is 0 Å². The minimum absolute atomic E-state index is 0. The lowest BCUT2D eigenvalue weighted by Gasteiger charge is -2.17. The van der Waals surface area contributed by atoms with E-state index in [2.05, 4.69) is 11.4 Å². The molecule has 9 heteroatoms. The maximum Gasteiger partial charge on any atom is 0.238 e. The molecular formula is C21H24ClN3O5. The van der Waals surface area contributed by atoms with Crippen LogP contribution in [-0.2, 0) is 4.79 Å². The lowest BCUT2D eigenvalue weighted by molar-refractivity contribution is -0.114. The summed E-state index contributed by atoms with van der Waals surface area (Å²) in [7, 11) is 6.05. The van der Waals surface area contributed by atoms with Crippen molar-refractivity contribution in [3.8, 4) is 29.1 Å². The average molecular weight is 434 g/mol. The second-order valence-electron chi connectivity index (χ2n) is 5.77. The fourth-order valence-electron chi connectivity index (χ4n) is 2.81. The smallest absolute Gasteiger partial charge is 0.238 e. The molecule has 8 nitrogen and oxygen atoms in total. The average Bonchev–Trinajstić information content (AvgIpc) is 2.76. The third kappa shape index (κ3) is 5.35. The lowest BCUT2D eigenvalue weighted by atomic mass is 9.96. The molecule has 0 aliphatic heterocycles. The Balaban J connectivity index is 0.00000450. The van der Waals surface area contributed by atoms with Gasteiger partial charge in [-0.2, -0.15) is 5.26 Å². The molecule has 0 heterocycles. The third-order valence-electron chi connectivity index (χ3n) is 4.15. The molecule has 160 valence electrons. The van der Waals surface area contributed by atoms with Crippen molar-refractivity contribution in [2.24, 2.45) is 5.73 Å². The highest BCUT2D eigenvalue weighted by molar-refractivity contribution is 5.95. The molecule has 2 aromatic carbocycles. The van der Waals surface area contributed by atoms with E-state index in [0.29, 0.717) is 45.4 Å². The number of benzene rings is 2. The fraction of sp³-hybridized carbons (Fsp3) is 0.238. The number of hydrogen-bond donors (Lipinski definition) is 2. The van der Waals surface area contributed by atoms with Gasteiger partial charge in [0.2, 0.25) is 11.7 Å². The standard InChI is InChI=1S/C21H23N3O5.ClH/c1-26-17-6-5-13(9-16(17)24-20(25)12-23)15(7-8-22)14-10-18(27-2)21(29-4)19(11-14)28-3;/h5-7,9-11H,12,23H2,1-4H3,(H,24,25);1H/b15-7-;. The number of ether oxygens (including phenoxy) is 4. The van der Waals surface area contributed by atoms with Crippen LogP contribution in [0.4, 0.5) is 5.69 Å². The van der Waals surface area contributed by atoms with Crippen molar-refractivity contribution in [3.63, 3.8) is 0 Å². The van der Waals surface area contributed by atoms with E-state index >= 15 is 0 Å². The van der Waals surface area contributed by atoms with E-state index < -0.39 is 0 Å². The fourth-order valence-corrected chi connectivity index (χ4v) is 2.81. The number of nitrogens with zero attached hydrogens (tertiary/aromatic N) is 1. The molecule has 0 saturated heterocycles. The molecule has 0 spiro atoms. The molecule has 0 fully saturated rings. The first-order valence-corrected chi connectivity index (χ1v) is 8.61. The SMILES string of the molecule is COc1ccc(/C(=C/C#N)c2cc(OC)c(OC)c(OC)c2)cc1NC(=O)CN.Cl. The molecule has 1 amide bonds. The molecule has 2 rings (SSSR count). The molecule has 0 unspecified atom stereocenters. The predicted molar refractivity (Wildman–Crippen MR) is 117 cm³/mol. The van der Waals surface area contributed by atoms with E-state index in [9.17, 15) is 10.1 Å². The number of amides is 1. The van der Waals surface area contributed by atoms with Crippen LogP contribution < -0.4 is 30.0 Å². The summed E-state index contributed by atoms with van der Waals surface area (Å²) in [5.41, 5.74) is 7.77. The molecule has 0 radical (unpaired) electrons. The highest BCUT2D eigenvalue weighted by Crippen LogP contribution is 2.41. The molecule has 0 bridgehead atoms. The molecule has 3 N–H and O–H groups in total. The zero-order valence-corrected chi connectivity index (χ0v) is 18.0. The number of nitriles is 1. The quantitative estimate of drug-likeness (QED) is 0.614. The molecule has 0 aliphatic carbocycles. The first kappa shape index (κ1) is 24.6. The maximum absolute atomic E-state index is 11.8. The molecule has 2 aromatic rings. The van der Waals surface area contributed by atoms with Crippen molar-refractivity contribution >= 4 is 29.6 Å². The first-order valence-electron chi connectivity index (χ1n) is 8.61. The second kappa shape index (κ2) is 11.6. The number of nitrogens with one attached hydrogen (secondary N) is 1. The number of allylic oxidation sites excluding steroid dienone is 1. The van der Waals surface area contributed by atoms with Gasteiger partial charge in [-0.3, -0.25) is 4.79 Å². The van der Waals surface area contributed by atoms with Crippen molar-refractivity contribution in [1.82, 2.24) is 0 Å². The highest BCUT2D eigenvalue weighted by Gasteiger charge is 2.17. The highest BCUT2D eigenvalue weighted by atomic mass is 35.5. The number of nitrogens with two attached hydrogens (primary N) is 1. The number of anilines is 1. The summed E-state index contributed by atoms with van der Waals surface area (Å²) in [6.45, 7) is -0.166. The maximum atomic E-state index is 11.8. The minimum atomic E-state index is -0.362. The van der Waals surface area contributed by atoms with Gasteiger partial charge in [-0.25, -0.2) is 0 Å². The summed E-state index contributed by atoms with van der Waals surface area (Å²) in [4.78, 5) is 11.8. The summed E-state index contributed by atoms with van der Waals surface area (Å²) in [6.07, 6.45) is 1.40. The molecular weight excluding hydrogens is 410 g/mol. The van der Waals surface area contributed by atoms with Crippen molar-refractivity contribution in [3.05, 3.63) is 47.5 Å². The van der Waals surface area contributed by atoms with Gasteiger partial charge in [-0.05, 0) is 41.0 Å². The number of hydrogen-bond acceptors (Lipinski definition) is 7. The van der Waals surface area contributed by atoms with Crippen LogP contribution in [0.3, 0.4) is 0 Å². The van der Waals surface area contributed by atoms with Gasteiger partial charge in [0, 0.05) is 6.08 Å². The van der Waals surface area contributed by atoms with Crippen LogP contribution in [0.15, 0.2) is 36.4 Å². The zero-order chi connectivity index (χ0) is 21.4. The Hall–Kier alpha value is -3.41. The van der Waals surface area contributed by atoms with Crippen LogP contribution in [0, 0.1) is 11.3 Å². The van der Waals surface area contributed by atoms with Crippen LogP contribution in [0.2, 0.25) is 0 Å². The van der Waals surface area contributed by atoms with E-state index in [4.69, 9.17) is 24.7 Å². The summed E-state index contributed by atoms with van der Waals surface area (Å²) in [5.74, 6) is 1.46. The van der Waals surface area contributed by atoms with Crippen LogP contribution >= 0.6 is 12.4 Å². The lowest BCUT2D eigenvalue weighted by Crippen LogP contribution is -2.22. The molecule has 30 heavy (non-hydrogen) atoms.